The Morgan fingerprint density at radius 2 is 2.00 bits per heavy atom. The van der Waals surface area contributed by atoms with Crippen molar-refractivity contribution in [3.8, 4) is 11.6 Å². The molecule has 0 saturated carbocycles. The summed E-state index contributed by atoms with van der Waals surface area (Å²) in [5, 5.41) is 5.49. The maximum Gasteiger partial charge on any atom is 0.315 e. The zero-order valence-corrected chi connectivity index (χ0v) is 13.4. The highest BCUT2D eigenvalue weighted by Gasteiger charge is 2.03. The van der Waals surface area contributed by atoms with Gasteiger partial charge in [0, 0.05) is 39.1 Å². The Bertz CT molecular complexity index is 650. The average molecular weight is 333 g/mol. The fraction of sp³-hybridized carbons (Fsp3) is 0.294. The van der Waals surface area contributed by atoms with Gasteiger partial charge >= 0.3 is 6.03 Å². The third kappa shape index (κ3) is 6.21. The third-order valence-corrected chi connectivity index (χ3v) is 3.10. The van der Waals surface area contributed by atoms with E-state index in [1.165, 1.54) is 24.3 Å². The Balaban J connectivity index is 1.81. The topological polar surface area (TPSA) is 72.5 Å². The standard InChI is InChI=1S/C17H20FN3O3/c1-23-10-2-8-20-17(22)21-12-13-7-9-19-16(11-13)24-15-5-3-14(18)4-6-15/h3-7,9,11H,2,8,10,12H2,1H3,(H2,20,21,22). The van der Waals surface area contributed by atoms with Gasteiger partial charge in [-0.25, -0.2) is 14.2 Å². The summed E-state index contributed by atoms with van der Waals surface area (Å²) in [5.41, 5.74) is 0.842. The predicted molar refractivity (Wildman–Crippen MR) is 87.4 cm³/mol. The number of benzene rings is 1. The van der Waals surface area contributed by atoms with E-state index < -0.39 is 0 Å². The summed E-state index contributed by atoms with van der Waals surface area (Å²) in [6.07, 6.45) is 2.35. The Morgan fingerprint density at radius 1 is 1.21 bits per heavy atom. The van der Waals surface area contributed by atoms with Crippen LogP contribution >= 0.6 is 0 Å². The first-order valence-electron chi connectivity index (χ1n) is 7.56. The van der Waals surface area contributed by atoms with Crippen molar-refractivity contribution in [1.82, 2.24) is 15.6 Å². The number of nitrogens with one attached hydrogen (secondary N) is 2. The fourth-order valence-corrected chi connectivity index (χ4v) is 1.90. The summed E-state index contributed by atoms with van der Waals surface area (Å²) >= 11 is 0. The monoisotopic (exact) mass is 333 g/mol. The summed E-state index contributed by atoms with van der Waals surface area (Å²) in [4.78, 5) is 15.7. The molecule has 0 unspecified atom stereocenters. The van der Waals surface area contributed by atoms with Crippen molar-refractivity contribution in [2.24, 2.45) is 0 Å². The number of hydrogen-bond acceptors (Lipinski definition) is 4. The summed E-state index contributed by atoms with van der Waals surface area (Å²) in [7, 11) is 1.62. The summed E-state index contributed by atoms with van der Waals surface area (Å²) in [5.74, 6) is 0.538. The van der Waals surface area contributed by atoms with Crippen molar-refractivity contribution >= 4 is 6.03 Å². The second-order valence-corrected chi connectivity index (χ2v) is 5.01. The number of methoxy groups -OCH3 is 1. The van der Waals surface area contributed by atoms with Crippen LogP contribution in [-0.4, -0.2) is 31.3 Å². The molecule has 0 aliphatic rings. The van der Waals surface area contributed by atoms with Gasteiger partial charge in [-0.05, 0) is 42.3 Å². The number of nitrogens with zero attached hydrogens (tertiary/aromatic N) is 1. The highest BCUT2D eigenvalue weighted by Crippen LogP contribution is 2.20. The van der Waals surface area contributed by atoms with Crippen molar-refractivity contribution in [3.63, 3.8) is 0 Å². The molecule has 6 nitrogen and oxygen atoms in total. The predicted octanol–water partition coefficient (Wildman–Crippen LogP) is 2.85. The first-order chi connectivity index (χ1) is 11.7. The lowest BCUT2D eigenvalue weighted by atomic mass is 10.2. The van der Waals surface area contributed by atoms with E-state index in [0.29, 0.717) is 31.3 Å². The van der Waals surface area contributed by atoms with Gasteiger partial charge in [0.15, 0.2) is 0 Å². The molecule has 0 saturated heterocycles. The molecular weight excluding hydrogens is 313 g/mol. The van der Waals surface area contributed by atoms with Crippen LogP contribution in [0.5, 0.6) is 11.6 Å². The molecule has 0 aliphatic carbocycles. The normalized spacial score (nSPS) is 10.2. The minimum atomic E-state index is -0.329. The second kappa shape index (κ2) is 9.46. The second-order valence-electron chi connectivity index (χ2n) is 5.01. The Kier molecular flexibility index (Phi) is 6.97. The number of pyridine rings is 1. The van der Waals surface area contributed by atoms with Crippen LogP contribution in [0.1, 0.15) is 12.0 Å². The lowest BCUT2D eigenvalue weighted by Crippen LogP contribution is -2.35. The highest BCUT2D eigenvalue weighted by atomic mass is 19.1. The van der Waals surface area contributed by atoms with Crippen molar-refractivity contribution in [3.05, 3.63) is 54.0 Å². The van der Waals surface area contributed by atoms with E-state index >= 15 is 0 Å². The van der Waals surface area contributed by atoms with Crippen LogP contribution in [0.15, 0.2) is 42.6 Å². The zero-order chi connectivity index (χ0) is 17.2. The van der Waals surface area contributed by atoms with Gasteiger partial charge in [-0.1, -0.05) is 0 Å². The molecule has 128 valence electrons. The number of ether oxygens (including phenoxy) is 2. The Labute approximate surface area is 140 Å². The van der Waals surface area contributed by atoms with Crippen molar-refractivity contribution in [2.45, 2.75) is 13.0 Å². The molecule has 0 spiro atoms. The van der Waals surface area contributed by atoms with E-state index in [1.807, 2.05) is 0 Å². The molecule has 2 rings (SSSR count). The van der Waals surface area contributed by atoms with E-state index in [-0.39, 0.29) is 11.8 Å². The molecule has 2 N–H and O–H groups in total. The first-order valence-corrected chi connectivity index (χ1v) is 7.56. The number of hydrogen-bond donors (Lipinski definition) is 2. The van der Waals surface area contributed by atoms with Crippen LogP contribution in [-0.2, 0) is 11.3 Å². The van der Waals surface area contributed by atoms with E-state index in [2.05, 4.69) is 15.6 Å². The number of carbonyl (C=O) groups is 1. The Morgan fingerprint density at radius 3 is 2.75 bits per heavy atom. The van der Waals surface area contributed by atoms with Crippen molar-refractivity contribution < 1.29 is 18.7 Å². The molecule has 1 aromatic carbocycles. The summed E-state index contributed by atoms with van der Waals surface area (Å²) in [6.45, 7) is 1.50. The van der Waals surface area contributed by atoms with Crippen LogP contribution in [0.25, 0.3) is 0 Å². The number of rotatable bonds is 8. The largest absolute Gasteiger partial charge is 0.439 e. The summed E-state index contributed by atoms with van der Waals surface area (Å²) < 4.78 is 23.3. The minimum absolute atomic E-state index is 0.246. The molecule has 0 atom stereocenters. The lowest BCUT2D eigenvalue weighted by molar-refractivity contribution is 0.193. The van der Waals surface area contributed by atoms with Gasteiger partial charge in [-0.3, -0.25) is 0 Å². The molecule has 0 aliphatic heterocycles. The van der Waals surface area contributed by atoms with Gasteiger partial charge < -0.3 is 20.1 Å². The lowest BCUT2D eigenvalue weighted by Gasteiger charge is -2.09. The van der Waals surface area contributed by atoms with Gasteiger partial charge in [0.05, 0.1) is 0 Å². The minimum Gasteiger partial charge on any atom is -0.439 e. The Hall–Kier alpha value is -2.67. The van der Waals surface area contributed by atoms with Gasteiger partial charge in [0.1, 0.15) is 11.6 Å². The van der Waals surface area contributed by atoms with Crippen LogP contribution in [0, 0.1) is 5.82 Å². The molecule has 24 heavy (non-hydrogen) atoms. The maximum atomic E-state index is 12.9. The number of carbonyl (C=O) groups excluding carboxylic acids is 1. The van der Waals surface area contributed by atoms with Gasteiger partial charge in [-0.2, -0.15) is 0 Å². The number of halogens is 1. The first kappa shape index (κ1) is 17.7. The van der Waals surface area contributed by atoms with Gasteiger partial charge in [0.2, 0.25) is 5.88 Å². The zero-order valence-electron chi connectivity index (χ0n) is 13.4. The SMILES string of the molecule is COCCCNC(=O)NCc1ccnc(Oc2ccc(F)cc2)c1. The smallest absolute Gasteiger partial charge is 0.315 e. The molecule has 1 heterocycles. The number of urea groups is 1. The van der Waals surface area contributed by atoms with Crippen LogP contribution in [0.3, 0.4) is 0 Å². The molecule has 1 aromatic heterocycles. The van der Waals surface area contributed by atoms with Gasteiger partial charge in [-0.15, -0.1) is 0 Å². The molecular formula is C17H20FN3O3. The fourth-order valence-electron chi connectivity index (χ4n) is 1.90. The van der Waals surface area contributed by atoms with Crippen molar-refractivity contribution in [1.29, 1.82) is 0 Å². The van der Waals surface area contributed by atoms with Crippen LogP contribution < -0.4 is 15.4 Å². The molecule has 0 radical (unpaired) electrons. The van der Waals surface area contributed by atoms with E-state index in [0.717, 1.165) is 12.0 Å². The highest BCUT2D eigenvalue weighted by molar-refractivity contribution is 5.73. The molecule has 0 fully saturated rings. The maximum absolute atomic E-state index is 12.9. The van der Waals surface area contributed by atoms with E-state index in [9.17, 15) is 9.18 Å². The number of amides is 2. The number of aromatic nitrogens is 1. The molecule has 7 heteroatoms. The van der Waals surface area contributed by atoms with Crippen LogP contribution in [0.4, 0.5) is 9.18 Å². The molecule has 2 amide bonds. The van der Waals surface area contributed by atoms with Crippen LogP contribution in [0.2, 0.25) is 0 Å². The van der Waals surface area contributed by atoms with Gasteiger partial charge in [0.25, 0.3) is 0 Å². The quantitative estimate of drug-likeness (QED) is 0.729. The van der Waals surface area contributed by atoms with Crippen molar-refractivity contribution in [2.75, 3.05) is 20.3 Å². The molecule has 0 bridgehead atoms. The summed E-state index contributed by atoms with van der Waals surface area (Å²) in [6, 6.07) is 8.93. The molecule has 2 aromatic rings. The van der Waals surface area contributed by atoms with E-state index in [4.69, 9.17) is 9.47 Å². The van der Waals surface area contributed by atoms with E-state index in [1.54, 1.807) is 25.4 Å². The third-order valence-electron chi connectivity index (χ3n) is 3.10. The average Bonchev–Trinajstić information content (AvgIpc) is 2.59.